The summed E-state index contributed by atoms with van der Waals surface area (Å²) < 4.78 is 52.1. The summed E-state index contributed by atoms with van der Waals surface area (Å²) in [5.41, 5.74) is 1.36. The largest absolute Gasteiger partial charge is 0.492 e. The number of fused-ring (bicyclic) bond motifs is 1. The lowest BCUT2D eigenvalue weighted by atomic mass is 10.1. The first-order chi connectivity index (χ1) is 13.7. The van der Waals surface area contributed by atoms with Gasteiger partial charge in [-0.2, -0.15) is 4.72 Å². The SMILES string of the molecule is CCOc1cc2c(cc1NC(=O)[C@H](C)NS(=O)(=O)c1ccccc1F)O[C@H](C)C2. The van der Waals surface area contributed by atoms with Crippen LogP contribution in [0.1, 0.15) is 26.3 Å². The van der Waals surface area contributed by atoms with E-state index in [1.165, 1.54) is 19.1 Å². The highest BCUT2D eigenvalue weighted by molar-refractivity contribution is 7.89. The van der Waals surface area contributed by atoms with Crippen molar-refractivity contribution in [1.29, 1.82) is 0 Å². The van der Waals surface area contributed by atoms with Gasteiger partial charge in [0.25, 0.3) is 0 Å². The molecular weight excluding hydrogens is 399 g/mol. The number of hydrogen-bond donors (Lipinski definition) is 2. The average Bonchev–Trinajstić information content (AvgIpc) is 3.00. The molecule has 7 nitrogen and oxygen atoms in total. The molecule has 2 aromatic carbocycles. The number of amides is 1. The number of rotatable bonds is 7. The topological polar surface area (TPSA) is 93.7 Å². The van der Waals surface area contributed by atoms with Crippen molar-refractivity contribution in [3.8, 4) is 11.5 Å². The molecule has 1 amide bonds. The Morgan fingerprint density at radius 1 is 1.34 bits per heavy atom. The third-order valence-corrected chi connectivity index (χ3v) is 5.98. The number of carbonyl (C=O) groups excluding carboxylic acids is 1. The fourth-order valence-corrected chi connectivity index (χ4v) is 4.35. The molecule has 0 spiro atoms. The van der Waals surface area contributed by atoms with Crippen molar-refractivity contribution in [1.82, 2.24) is 4.72 Å². The van der Waals surface area contributed by atoms with E-state index in [2.05, 4.69) is 10.0 Å². The molecule has 0 unspecified atom stereocenters. The summed E-state index contributed by atoms with van der Waals surface area (Å²) in [6.07, 6.45) is 0.764. The summed E-state index contributed by atoms with van der Waals surface area (Å²) in [4.78, 5) is 12.1. The van der Waals surface area contributed by atoms with Gasteiger partial charge in [-0.3, -0.25) is 4.79 Å². The van der Waals surface area contributed by atoms with E-state index in [9.17, 15) is 17.6 Å². The molecule has 0 saturated heterocycles. The van der Waals surface area contributed by atoms with Gasteiger partial charge in [0.05, 0.1) is 18.3 Å². The Hall–Kier alpha value is -2.65. The van der Waals surface area contributed by atoms with E-state index in [1.807, 2.05) is 19.9 Å². The fourth-order valence-electron chi connectivity index (χ4n) is 3.07. The fraction of sp³-hybridized carbons (Fsp3) is 0.350. The highest BCUT2D eigenvalue weighted by atomic mass is 32.2. The Morgan fingerprint density at radius 3 is 2.76 bits per heavy atom. The van der Waals surface area contributed by atoms with Gasteiger partial charge in [0.15, 0.2) is 0 Å². The molecule has 0 saturated carbocycles. The second kappa shape index (κ2) is 8.38. The molecule has 156 valence electrons. The van der Waals surface area contributed by atoms with Gasteiger partial charge < -0.3 is 14.8 Å². The highest BCUT2D eigenvalue weighted by Gasteiger charge is 2.27. The number of benzene rings is 2. The Kier molecular flexibility index (Phi) is 6.09. The van der Waals surface area contributed by atoms with Crippen LogP contribution in [0.3, 0.4) is 0 Å². The zero-order valence-electron chi connectivity index (χ0n) is 16.4. The molecule has 1 heterocycles. The lowest BCUT2D eigenvalue weighted by Gasteiger charge is -2.17. The molecule has 0 radical (unpaired) electrons. The van der Waals surface area contributed by atoms with E-state index >= 15 is 0 Å². The molecule has 29 heavy (non-hydrogen) atoms. The minimum atomic E-state index is -4.21. The summed E-state index contributed by atoms with van der Waals surface area (Å²) in [5.74, 6) is -0.384. The van der Waals surface area contributed by atoms with Crippen LogP contribution in [0.4, 0.5) is 10.1 Å². The van der Waals surface area contributed by atoms with Gasteiger partial charge in [-0.1, -0.05) is 12.1 Å². The molecule has 2 atom stereocenters. The van der Waals surface area contributed by atoms with Crippen molar-refractivity contribution in [2.45, 2.75) is 44.2 Å². The summed E-state index contributed by atoms with van der Waals surface area (Å²) >= 11 is 0. The average molecular weight is 422 g/mol. The van der Waals surface area contributed by atoms with Gasteiger partial charge in [-0.25, -0.2) is 12.8 Å². The van der Waals surface area contributed by atoms with Crippen LogP contribution in [0, 0.1) is 5.82 Å². The van der Waals surface area contributed by atoms with Crippen LogP contribution in [0.25, 0.3) is 0 Å². The number of nitrogens with one attached hydrogen (secondary N) is 2. The third-order valence-electron chi connectivity index (χ3n) is 4.41. The number of carbonyl (C=O) groups is 1. The maximum Gasteiger partial charge on any atom is 0.244 e. The summed E-state index contributed by atoms with van der Waals surface area (Å²) in [6, 6.07) is 7.29. The lowest BCUT2D eigenvalue weighted by molar-refractivity contribution is -0.117. The molecule has 9 heteroatoms. The predicted octanol–water partition coefficient (Wildman–Crippen LogP) is 2.85. The number of anilines is 1. The maximum absolute atomic E-state index is 13.8. The molecule has 0 aliphatic carbocycles. The summed E-state index contributed by atoms with van der Waals surface area (Å²) in [7, 11) is -4.21. The quantitative estimate of drug-likeness (QED) is 0.716. The normalized spacial score (nSPS) is 16.6. The first-order valence-electron chi connectivity index (χ1n) is 9.25. The van der Waals surface area contributed by atoms with E-state index in [0.29, 0.717) is 23.8 Å². The number of ether oxygens (including phenoxy) is 2. The van der Waals surface area contributed by atoms with Gasteiger partial charge in [-0.15, -0.1) is 0 Å². The van der Waals surface area contributed by atoms with Crippen LogP contribution >= 0.6 is 0 Å². The summed E-state index contributed by atoms with van der Waals surface area (Å²) in [5, 5.41) is 2.66. The van der Waals surface area contributed by atoms with Crippen LogP contribution in [0.5, 0.6) is 11.5 Å². The monoisotopic (exact) mass is 422 g/mol. The zero-order valence-corrected chi connectivity index (χ0v) is 17.2. The molecule has 2 aromatic rings. The zero-order chi connectivity index (χ0) is 21.2. The van der Waals surface area contributed by atoms with Gasteiger partial charge in [0.2, 0.25) is 15.9 Å². The lowest BCUT2D eigenvalue weighted by Crippen LogP contribution is -2.41. The second-order valence-corrected chi connectivity index (χ2v) is 8.47. The Balaban J connectivity index is 1.78. The third kappa shape index (κ3) is 4.68. The summed E-state index contributed by atoms with van der Waals surface area (Å²) in [6.45, 7) is 5.54. The molecule has 3 rings (SSSR count). The van der Waals surface area contributed by atoms with E-state index in [1.54, 1.807) is 6.07 Å². The van der Waals surface area contributed by atoms with Gasteiger partial charge in [0.1, 0.15) is 28.3 Å². The maximum atomic E-state index is 13.8. The van der Waals surface area contributed by atoms with Crippen LogP contribution in [-0.4, -0.2) is 33.1 Å². The molecule has 2 N–H and O–H groups in total. The smallest absolute Gasteiger partial charge is 0.244 e. The number of sulfonamides is 1. The van der Waals surface area contributed by atoms with Crippen LogP contribution in [0.2, 0.25) is 0 Å². The predicted molar refractivity (Wildman–Crippen MR) is 106 cm³/mol. The van der Waals surface area contributed by atoms with Crippen LogP contribution in [0.15, 0.2) is 41.3 Å². The molecule has 1 aliphatic rings. The Labute approximate surface area is 169 Å². The number of halogens is 1. The van der Waals surface area contributed by atoms with Crippen molar-refractivity contribution in [3.63, 3.8) is 0 Å². The van der Waals surface area contributed by atoms with Crippen molar-refractivity contribution in [3.05, 3.63) is 47.8 Å². The van der Waals surface area contributed by atoms with Crippen molar-refractivity contribution < 1.29 is 27.1 Å². The van der Waals surface area contributed by atoms with E-state index < -0.39 is 32.7 Å². The minimum Gasteiger partial charge on any atom is -0.492 e. The van der Waals surface area contributed by atoms with E-state index in [0.717, 1.165) is 24.1 Å². The first-order valence-corrected chi connectivity index (χ1v) is 10.7. The Morgan fingerprint density at radius 2 is 2.07 bits per heavy atom. The minimum absolute atomic E-state index is 0.0249. The van der Waals surface area contributed by atoms with Gasteiger partial charge >= 0.3 is 0 Å². The second-order valence-electron chi connectivity index (χ2n) is 6.78. The van der Waals surface area contributed by atoms with Crippen molar-refractivity contribution in [2.24, 2.45) is 0 Å². The molecule has 0 bridgehead atoms. The van der Waals surface area contributed by atoms with Gasteiger partial charge in [-0.05, 0) is 39.0 Å². The van der Waals surface area contributed by atoms with Crippen molar-refractivity contribution in [2.75, 3.05) is 11.9 Å². The van der Waals surface area contributed by atoms with Crippen LogP contribution in [-0.2, 0) is 21.2 Å². The first kappa shape index (κ1) is 21.1. The standard InChI is InChI=1S/C20H23FN2O5S/c1-4-27-18-10-14-9-12(2)28-17(14)11-16(18)22-20(24)13(3)23-29(25,26)19-8-6-5-7-15(19)21/h5-8,10-13,23H,4,9H2,1-3H3,(H,22,24)/t12-,13+/m1/s1. The van der Waals surface area contributed by atoms with E-state index in [4.69, 9.17) is 9.47 Å². The highest BCUT2D eigenvalue weighted by Crippen LogP contribution is 2.38. The molecule has 0 aromatic heterocycles. The van der Waals surface area contributed by atoms with Crippen LogP contribution < -0.4 is 19.5 Å². The van der Waals surface area contributed by atoms with E-state index in [-0.39, 0.29) is 6.10 Å². The number of hydrogen-bond acceptors (Lipinski definition) is 5. The molecule has 1 aliphatic heterocycles. The Bertz CT molecular complexity index is 1030. The molecule has 0 fully saturated rings. The van der Waals surface area contributed by atoms with Gasteiger partial charge in [0, 0.05) is 18.1 Å². The molecular formula is C20H23FN2O5S. The van der Waals surface area contributed by atoms with Crippen molar-refractivity contribution >= 4 is 21.6 Å².